The van der Waals surface area contributed by atoms with Gasteiger partial charge in [0.1, 0.15) is 6.10 Å². The normalized spacial score (nSPS) is 28.9. The van der Waals surface area contributed by atoms with Gasteiger partial charge in [0.15, 0.2) is 32.6 Å². The molecule has 2 aliphatic rings. The molecule has 1 aromatic carbocycles. The zero-order valence-electron chi connectivity index (χ0n) is 18.6. The molecule has 0 amide bonds. The van der Waals surface area contributed by atoms with Crippen molar-refractivity contribution in [2.45, 2.75) is 89.6 Å². The summed E-state index contributed by atoms with van der Waals surface area (Å²) in [5, 5.41) is 0.134. The highest BCUT2D eigenvalue weighted by atomic mass is 28.4. The van der Waals surface area contributed by atoms with E-state index in [1.807, 2.05) is 32.0 Å². The lowest BCUT2D eigenvalue weighted by atomic mass is 10.1. The Morgan fingerprint density at radius 1 is 1.14 bits per heavy atom. The quantitative estimate of drug-likeness (QED) is 0.497. The first-order valence-corrected chi connectivity index (χ1v) is 13.2. The fraction of sp³-hybridized carbons (Fsp3) is 0.682. The first kappa shape index (κ1) is 22.4. The number of carbonyl (C=O) groups excluding carboxylic acids is 1. The SMILES string of the molecule is CC1(C)O[C@H]2O[C@H](CCO[Si](C)(C)C(C)(C)C)[C@@H](OC(=O)c3ccccc3)[C@H]2O1. The standard InChI is InChI=1S/C22H34O6Si/c1-21(2,3)29(6,7)24-14-13-16-17(18-20(25-16)28-22(4,5)27-18)26-19(23)15-11-9-8-10-12-15/h8-12,16-18,20H,13-14H2,1-7H3/t16-,17-,18-,20-/m1/s1. The third-order valence-electron chi connectivity index (χ3n) is 6.01. The first-order valence-electron chi connectivity index (χ1n) is 10.3. The maximum Gasteiger partial charge on any atom is 0.338 e. The van der Waals surface area contributed by atoms with Crippen LogP contribution in [0.3, 0.4) is 0 Å². The molecule has 7 heteroatoms. The van der Waals surface area contributed by atoms with E-state index in [4.69, 9.17) is 23.4 Å². The Hall–Kier alpha value is -1.25. The van der Waals surface area contributed by atoms with Crippen LogP contribution in [-0.2, 0) is 23.4 Å². The van der Waals surface area contributed by atoms with Gasteiger partial charge in [0, 0.05) is 6.61 Å². The summed E-state index contributed by atoms with van der Waals surface area (Å²) >= 11 is 0. The maximum absolute atomic E-state index is 12.7. The van der Waals surface area contributed by atoms with Gasteiger partial charge in [-0.3, -0.25) is 0 Å². The number of rotatable bonds is 6. The lowest BCUT2D eigenvalue weighted by Crippen LogP contribution is -2.42. The third kappa shape index (κ3) is 5.09. The zero-order valence-corrected chi connectivity index (χ0v) is 19.6. The molecule has 0 radical (unpaired) electrons. The molecule has 2 aliphatic heterocycles. The number of esters is 1. The van der Waals surface area contributed by atoms with E-state index in [9.17, 15) is 4.79 Å². The number of carbonyl (C=O) groups is 1. The summed E-state index contributed by atoms with van der Waals surface area (Å²) in [4.78, 5) is 12.7. The van der Waals surface area contributed by atoms with E-state index < -0.39 is 32.6 Å². The van der Waals surface area contributed by atoms with Crippen molar-refractivity contribution >= 4 is 14.3 Å². The van der Waals surface area contributed by atoms with Crippen LogP contribution in [0.1, 0.15) is 51.4 Å². The fourth-order valence-electron chi connectivity index (χ4n) is 3.33. The largest absolute Gasteiger partial charge is 0.453 e. The molecular weight excluding hydrogens is 388 g/mol. The predicted octanol–water partition coefficient (Wildman–Crippen LogP) is 4.50. The molecule has 162 valence electrons. The van der Waals surface area contributed by atoms with Crippen molar-refractivity contribution in [3.63, 3.8) is 0 Å². The van der Waals surface area contributed by atoms with Crippen LogP contribution in [0.2, 0.25) is 18.1 Å². The van der Waals surface area contributed by atoms with E-state index >= 15 is 0 Å². The second-order valence-corrected chi connectivity index (χ2v) is 14.6. The van der Waals surface area contributed by atoms with Crippen LogP contribution in [0.25, 0.3) is 0 Å². The monoisotopic (exact) mass is 422 g/mol. The molecule has 4 atom stereocenters. The van der Waals surface area contributed by atoms with Crippen molar-refractivity contribution in [2.75, 3.05) is 6.61 Å². The molecule has 2 fully saturated rings. The van der Waals surface area contributed by atoms with Crippen LogP contribution in [0, 0.1) is 0 Å². The van der Waals surface area contributed by atoms with Crippen molar-refractivity contribution < 1.29 is 28.2 Å². The molecule has 6 nitrogen and oxygen atoms in total. The van der Waals surface area contributed by atoms with Crippen molar-refractivity contribution in [3.05, 3.63) is 35.9 Å². The summed E-state index contributed by atoms with van der Waals surface area (Å²) < 4.78 is 30.1. The van der Waals surface area contributed by atoms with Crippen molar-refractivity contribution in [2.24, 2.45) is 0 Å². The lowest BCUT2D eigenvalue weighted by Gasteiger charge is -2.36. The molecule has 0 N–H and O–H groups in total. The molecule has 3 rings (SSSR count). The van der Waals surface area contributed by atoms with Crippen molar-refractivity contribution in [1.82, 2.24) is 0 Å². The average molecular weight is 423 g/mol. The number of hydrogen-bond acceptors (Lipinski definition) is 6. The van der Waals surface area contributed by atoms with Crippen molar-refractivity contribution in [3.8, 4) is 0 Å². The van der Waals surface area contributed by atoms with Gasteiger partial charge in [-0.25, -0.2) is 4.79 Å². The van der Waals surface area contributed by atoms with Crippen LogP contribution < -0.4 is 0 Å². The van der Waals surface area contributed by atoms with E-state index in [0.717, 1.165) is 0 Å². The van der Waals surface area contributed by atoms with Crippen LogP contribution in [0.15, 0.2) is 30.3 Å². The number of ether oxygens (including phenoxy) is 4. The summed E-state index contributed by atoms with van der Waals surface area (Å²) in [6.07, 6.45) is -1.26. The van der Waals surface area contributed by atoms with Crippen LogP contribution in [-0.4, -0.2) is 51.3 Å². The van der Waals surface area contributed by atoms with E-state index in [1.165, 1.54) is 0 Å². The molecule has 0 aromatic heterocycles. The minimum atomic E-state index is -1.86. The second-order valence-electron chi connectivity index (χ2n) is 9.78. The van der Waals surface area contributed by atoms with Gasteiger partial charge in [-0.1, -0.05) is 39.0 Å². The third-order valence-corrected chi connectivity index (χ3v) is 10.5. The second kappa shape index (κ2) is 8.11. The van der Waals surface area contributed by atoms with Gasteiger partial charge in [0.2, 0.25) is 0 Å². The summed E-state index contributed by atoms with van der Waals surface area (Å²) in [6.45, 7) is 15.3. The average Bonchev–Trinajstić information content (AvgIpc) is 3.07. The smallest absolute Gasteiger partial charge is 0.338 e. The Kier molecular flexibility index (Phi) is 6.28. The Morgan fingerprint density at radius 3 is 2.41 bits per heavy atom. The summed E-state index contributed by atoms with van der Waals surface area (Å²) in [5.41, 5.74) is 0.505. The number of hydrogen-bond donors (Lipinski definition) is 0. The van der Waals surface area contributed by atoms with Gasteiger partial charge < -0.3 is 23.4 Å². The zero-order chi connectivity index (χ0) is 21.4. The topological polar surface area (TPSA) is 63.2 Å². The molecule has 0 bridgehead atoms. The highest BCUT2D eigenvalue weighted by molar-refractivity contribution is 6.74. The Balaban J connectivity index is 1.68. The molecule has 0 spiro atoms. The van der Waals surface area contributed by atoms with Gasteiger partial charge in [-0.05, 0) is 50.5 Å². The fourth-order valence-corrected chi connectivity index (χ4v) is 4.40. The highest BCUT2D eigenvalue weighted by Crippen LogP contribution is 2.41. The van der Waals surface area contributed by atoms with Crippen LogP contribution in [0.4, 0.5) is 0 Å². The number of benzene rings is 1. The van der Waals surface area contributed by atoms with E-state index in [-0.39, 0.29) is 17.1 Å². The highest BCUT2D eigenvalue weighted by Gasteiger charge is 2.56. The van der Waals surface area contributed by atoms with Crippen LogP contribution >= 0.6 is 0 Å². The van der Waals surface area contributed by atoms with Gasteiger partial charge in [0.05, 0.1) is 5.56 Å². The molecule has 2 saturated heterocycles. The first-order chi connectivity index (χ1) is 13.4. The van der Waals surface area contributed by atoms with E-state index in [2.05, 4.69) is 33.9 Å². The molecular formula is C22H34O6Si. The summed E-state index contributed by atoms with van der Waals surface area (Å²) in [5.74, 6) is -1.15. The van der Waals surface area contributed by atoms with Crippen molar-refractivity contribution in [1.29, 1.82) is 0 Å². The lowest BCUT2D eigenvalue weighted by molar-refractivity contribution is -0.216. The minimum absolute atomic E-state index is 0.134. The van der Waals surface area contributed by atoms with Crippen LogP contribution in [0.5, 0.6) is 0 Å². The summed E-state index contributed by atoms with van der Waals surface area (Å²) in [7, 11) is -1.86. The van der Waals surface area contributed by atoms with Gasteiger partial charge in [-0.15, -0.1) is 0 Å². The Labute approximate surface area is 174 Å². The molecule has 0 saturated carbocycles. The Bertz CT molecular complexity index is 712. The maximum atomic E-state index is 12.7. The number of fused-ring (bicyclic) bond motifs is 1. The molecule has 1 aromatic rings. The molecule has 29 heavy (non-hydrogen) atoms. The minimum Gasteiger partial charge on any atom is -0.453 e. The predicted molar refractivity (Wildman–Crippen MR) is 112 cm³/mol. The van der Waals surface area contributed by atoms with Gasteiger partial charge in [-0.2, -0.15) is 0 Å². The molecule has 2 heterocycles. The van der Waals surface area contributed by atoms with Gasteiger partial charge in [0.25, 0.3) is 0 Å². The van der Waals surface area contributed by atoms with E-state index in [1.54, 1.807) is 12.1 Å². The van der Waals surface area contributed by atoms with Gasteiger partial charge >= 0.3 is 5.97 Å². The molecule has 0 unspecified atom stereocenters. The molecule has 0 aliphatic carbocycles. The Morgan fingerprint density at radius 2 is 1.79 bits per heavy atom. The van der Waals surface area contributed by atoms with E-state index in [0.29, 0.717) is 18.6 Å². The summed E-state index contributed by atoms with van der Waals surface area (Å²) in [6, 6.07) is 8.96.